The van der Waals surface area contributed by atoms with Crippen molar-refractivity contribution in [2.24, 2.45) is 5.92 Å². The van der Waals surface area contributed by atoms with Gasteiger partial charge in [0, 0.05) is 0 Å². The van der Waals surface area contributed by atoms with Crippen molar-refractivity contribution in [3.8, 4) is 0 Å². The van der Waals surface area contributed by atoms with E-state index in [1.165, 1.54) is 38.5 Å². The van der Waals surface area contributed by atoms with Crippen LogP contribution in [0.3, 0.4) is 0 Å². The highest BCUT2D eigenvalue weighted by Crippen LogP contribution is 2.53. The van der Waals surface area contributed by atoms with Crippen LogP contribution in [0.5, 0.6) is 0 Å². The van der Waals surface area contributed by atoms with Crippen molar-refractivity contribution in [1.82, 2.24) is 0 Å². The van der Waals surface area contributed by atoms with Crippen LogP contribution in [0.15, 0.2) is 12.2 Å². The lowest BCUT2D eigenvalue weighted by Crippen LogP contribution is -2.33. The first-order chi connectivity index (χ1) is 7.02. The minimum absolute atomic E-state index is 0.175. The molecule has 0 aromatic rings. The van der Waals surface area contributed by atoms with Gasteiger partial charge in [-0.3, -0.25) is 0 Å². The first-order valence-corrected chi connectivity index (χ1v) is 9.81. The van der Waals surface area contributed by atoms with Crippen molar-refractivity contribution in [2.75, 3.05) is 0 Å². The molecule has 1 fully saturated rings. The highest BCUT2D eigenvalue weighted by Gasteiger charge is 2.54. The third-order valence-corrected chi connectivity index (χ3v) is 4.41. The molecule has 0 aliphatic heterocycles. The summed E-state index contributed by atoms with van der Waals surface area (Å²) < 4.78 is 6.38. The number of hydrogen-bond acceptors (Lipinski definition) is 1. The molecule has 2 aliphatic carbocycles. The topological polar surface area (TPSA) is 9.23 Å². The molecule has 1 saturated carbocycles. The van der Waals surface area contributed by atoms with Crippen LogP contribution in [-0.4, -0.2) is 13.9 Å². The van der Waals surface area contributed by atoms with Gasteiger partial charge >= 0.3 is 0 Å². The van der Waals surface area contributed by atoms with E-state index in [9.17, 15) is 0 Å². The Balaban J connectivity index is 2.03. The standard InChI is InChI=1S/C13H24OSi/c1-15(2,3)14-13-10-8-6-4-5-7-9-12(13)11-13/h8,10,12H,4-7,9,11H2,1-3H3/b10-8-. The minimum Gasteiger partial charge on any atom is -0.408 e. The van der Waals surface area contributed by atoms with E-state index >= 15 is 0 Å². The summed E-state index contributed by atoms with van der Waals surface area (Å²) in [4.78, 5) is 0. The van der Waals surface area contributed by atoms with Crippen molar-refractivity contribution in [1.29, 1.82) is 0 Å². The molecule has 15 heavy (non-hydrogen) atoms. The van der Waals surface area contributed by atoms with Gasteiger partial charge in [0.1, 0.15) is 0 Å². The zero-order valence-corrected chi connectivity index (χ0v) is 11.4. The van der Waals surface area contributed by atoms with Crippen molar-refractivity contribution in [3.05, 3.63) is 12.2 Å². The molecule has 0 N–H and O–H groups in total. The molecule has 0 radical (unpaired) electrons. The van der Waals surface area contributed by atoms with Gasteiger partial charge in [-0.1, -0.05) is 25.0 Å². The highest BCUT2D eigenvalue weighted by atomic mass is 28.4. The molecule has 2 aliphatic rings. The first-order valence-electron chi connectivity index (χ1n) is 6.40. The van der Waals surface area contributed by atoms with E-state index in [4.69, 9.17) is 4.43 Å². The third-order valence-electron chi connectivity index (χ3n) is 3.42. The van der Waals surface area contributed by atoms with Gasteiger partial charge in [0.15, 0.2) is 8.32 Å². The molecule has 1 nitrogen and oxygen atoms in total. The average molecular weight is 224 g/mol. The summed E-state index contributed by atoms with van der Waals surface area (Å²) >= 11 is 0. The summed E-state index contributed by atoms with van der Waals surface area (Å²) in [5.41, 5.74) is 0.175. The normalized spacial score (nSPS) is 38.5. The summed E-state index contributed by atoms with van der Waals surface area (Å²) in [5.74, 6) is 0.832. The molecule has 2 heteroatoms. The maximum Gasteiger partial charge on any atom is 0.184 e. The van der Waals surface area contributed by atoms with Gasteiger partial charge in [-0.25, -0.2) is 0 Å². The van der Waals surface area contributed by atoms with Crippen LogP contribution < -0.4 is 0 Å². The van der Waals surface area contributed by atoms with Gasteiger partial charge in [0.05, 0.1) is 5.60 Å². The molecule has 0 aromatic heterocycles. The summed E-state index contributed by atoms with van der Waals surface area (Å²) in [7, 11) is -1.38. The van der Waals surface area contributed by atoms with Crippen LogP contribution in [-0.2, 0) is 4.43 Å². The molecule has 0 bridgehead atoms. The number of hydrogen-bond donors (Lipinski definition) is 0. The smallest absolute Gasteiger partial charge is 0.184 e. The summed E-state index contributed by atoms with van der Waals surface area (Å²) in [6.45, 7) is 6.91. The Hall–Kier alpha value is -0.0831. The predicted molar refractivity (Wildman–Crippen MR) is 67.5 cm³/mol. The Kier molecular flexibility index (Phi) is 3.09. The molecule has 86 valence electrons. The zero-order valence-electron chi connectivity index (χ0n) is 10.4. The average Bonchev–Trinajstić information content (AvgIpc) is 2.73. The molecule has 0 heterocycles. The van der Waals surface area contributed by atoms with E-state index in [0.717, 1.165) is 5.92 Å². The fourth-order valence-corrected chi connectivity index (χ4v) is 4.18. The maximum absolute atomic E-state index is 6.38. The molecular formula is C13H24OSi. The lowest BCUT2D eigenvalue weighted by atomic mass is 10.1. The van der Waals surface area contributed by atoms with Gasteiger partial charge in [-0.2, -0.15) is 0 Å². The van der Waals surface area contributed by atoms with Crippen molar-refractivity contribution in [3.63, 3.8) is 0 Å². The fraction of sp³-hybridized carbons (Fsp3) is 0.846. The van der Waals surface area contributed by atoms with Crippen molar-refractivity contribution < 1.29 is 4.43 Å². The molecule has 0 saturated heterocycles. The lowest BCUT2D eigenvalue weighted by molar-refractivity contribution is 0.199. The Labute approximate surface area is 95.0 Å². The maximum atomic E-state index is 6.38. The molecular weight excluding hydrogens is 200 g/mol. The van der Waals surface area contributed by atoms with Gasteiger partial charge in [0.25, 0.3) is 0 Å². The van der Waals surface area contributed by atoms with E-state index < -0.39 is 8.32 Å². The van der Waals surface area contributed by atoms with Gasteiger partial charge in [-0.15, -0.1) is 0 Å². The number of fused-ring (bicyclic) bond motifs is 1. The Morgan fingerprint density at radius 3 is 2.73 bits per heavy atom. The van der Waals surface area contributed by atoms with Crippen LogP contribution in [0.1, 0.15) is 38.5 Å². The van der Waals surface area contributed by atoms with Crippen molar-refractivity contribution >= 4 is 8.32 Å². The van der Waals surface area contributed by atoms with Crippen LogP contribution in [0.25, 0.3) is 0 Å². The van der Waals surface area contributed by atoms with Crippen LogP contribution in [0.2, 0.25) is 19.6 Å². The predicted octanol–water partition coefficient (Wildman–Crippen LogP) is 4.12. The molecule has 0 spiro atoms. The zero-order chi connectivity index (χ0) is 10.9. The third kappa shape index (κ3) is 2.94. The van der Waals surface area contributed by atoms with Gasteiger partial charge in [-0.05, 0) is 51.2 Å². The monoisotopic (exact) mass is 224 g/mol. The fourth-order valence-electron chi connectivity index (χ4n) is 2.72. The van der Waals surface area contributed by atoms with Gasteiger partial charge in [0.2, 0.25) is 0 Å². The second kappa shape index (κ2) is 4.06. The lowest BCUT2D eigenvalue weighted by Gasteiger charge is -2.25. The summed E-state index contributed by atoms with van der Waals surface area (Å²) in [6, 6.07) is 0. The van der Waals surface area contributed by atoms with Crippen molar-refractivity contribution in [2.45, 2.75) is 63.8 Å². The SMILES string of the molecule is C[Si](C)(C)OC12/C=C\CCCCCC1C2. The Morgan fingerprint density at radius 1 is 1.20 bits per heavy atom. The minimum atomic E-state index is -1.38. The second-order valence-electron chi connectivity index (χ2n) is 6.11. The van der Waals surface area contributed by atoms with Crippen LogP contribution in [0.4, 0.5) is 0 Å². The van der Waals surface area contributed by atoms with E-state index in [-0.39, 0.29) is 5.60 Å². The molecule has 2 atom stereocenters. The Morgan fingerprint density at radius 2 is 2.00 bits per heavy atom. The molecule has 0 aromatic carbocycles. The second-order valence-corrected chi connectivity index (χ2v) is 10.5. The first kappa shape index (κ1) is 11.4. The van der Waals surface area contributed by atoms with Crippen LogP contribution >= 0.6 is 0 Å². The largest absolute Gasteiger partial charge is 0.408 e. The quantitative estimate of drug-likeness (QED) is 0.506. The van der Waals surface area contributed by atoms with E-state index in [0.29, 0.717) is 0 Å². The molecule has 2 unspecified atom stereocenters. The summed E-state index contributed by atoms with van der Waals surface area (Å²) in [6.07, 6.45) is 12.9. The summed E-state index contributed by atoms with van der Waals surface area (Å²) in [5, 5.41) is 0. The van der Waals surface area contributed by atoms with Gasteiger partial charge < -0.3 is 4.43 Å². The molecule has 0 amide bonds. The number of allylic oxidation sites excluding steroid dienone is 1. The van der Waals surface area contributed by atoms with E-state index in [1.807, 2.05) is 0 Å². The highest BCUT2D eigenvalue weighted by molar-refractivity contribution is 6.69. The molecule has 2 rings (SSSR count). The Bertz CT molecular complexity index is 254. The van der Waals surface area contributed by atoms with E-state index in [1.54, 1.807) is 0 Å². The number of rotatable bonds is 2. The van der Waals surface area contributed by atoms with E-state index in [2.05, 4.69) is 31.8 Å². The van der Waals surface area contributed by atoms with Crippen LogP contribution in [0, 0.1) is 5.92 Å².